The first-order chi connectivity index (χ1) is 9.01. The summed E-state index contributed by atoms with van der Waals surface area (Å²) in [6.45, 7) is 7.56. The van der Waals surface area contributed by atoms with E-state index in [1.54, 1.807) is 8.61 Å². The molecule has 19 heavy (non-hydrogen) atoms. The fraction of sp³-hybridized carbons (Fsp3) is 1.00. The van der Waals surface area contributed by atoms with Crippen molar-refractivity contribution in [3.05, 3.63) is 0 Å². The molecule has 0 aromatic heterocycles. The van der Waals surface area contributed by atoms with E-state index in [1.807, 2.05) is 0 Å². The largest absolute Gasteiger partial charge is 0.314 e. The highest BCUT2D eigenvalue weighted by molar-refractivity contribution is 7.86. The van der Waals surface area contributed by atoms with E-state index in [-0.39, 0.29) is 6.04 Å². The van der Waals surface area contributed by atoms with Crippen LogP contribution in [0.5, 0.6) is 0 Å². The Bertz CT molecular complexity index is 371. The van der Waals surface area contributed by atoms with Gasteiger partial charge in [0.25, 0.3) is 10.2 Å². The van der Waals surface area contributed by atoms with E-state index in [1.165, 1.54) is 0 Å². The lowest BCUT2D eigenvalue weighted by Gasteiger charge is -2.36. The smallest absolute Gasteiger partial charge is 0.282 e. The summed E-state index contributed by atoms with van der Waals surface area (Å²) in [5, 5.41) is 3.21. The van der Waals surface area contributed by atoms with Gasteiger partial charge in [-0.25, -0.2) is 0 Å². The van der Waals surface area contributed by atoms with Crippen LogP contribution in [0.2, 0.25) is 0 Å². The predicted octanol–water partition coefficient (Wildman–Crippen LogP) is 1.04. The van der Waals surface area contributed by atoms with Gasteiger partial charge in [0.15, 0.2) is 0 Å². The number of hydrogen-bond acceptors (Lipinski definition) is 3. The van der Waals surface area contributed by atoms with Crippen LogP contribution in [0, 0.1) is 5.92 Å². The lowest BCUT2D eigenvalue weighted by Crippen LogP contribution is -2.54. The summed E-state index contributed by atoms with van der Waals surface area (Å²) in [7, 11) is -3.28. The molecule has 1 aliphatic carbocycles. The highest BCUT2D eigenvalue weighted by Gasteiger charge is 2.36. The average Bonchev–Trinajstić information content (AvgIpc) is 2.90. The Morgan fingerprint density at radius 3 is 2.32 bits per heavy atom. The van der Waals surface area contributed by atoms with E-state index in [0.717, 1.165) is 38.8 Å². The molecule has 2 fully saturated rings. The molecule has 1 aliphatic heterocycles. The molecule has 6 heteroatoms. The number of nitrogens with one attached hydrogen (secondary N) is 1. The van der Waals surface area contributed by atoms with E-state index in [2.05, 4.69) is 19.2 Å². The van der Waals surface area contributed by atoms with Gasteiger partial charge in [-0.05, 0) is 18.8 Å². The van der Waals surface area contributed by atoms with Gasteiger partial charge in [-0.15, -0.1) is 0 Å². The maximum atomic E-state index is 12.8. The molecule has 0 radical (unpaired) electrons. The van der Waals surface area contributed by atoms with Crippen LogP contribution in [0.15, 0.2) is 0 Å². The van der Waals surface area contributed by atoms with Crippen molar-refractivity contribution in [2.45, 2.75) is 45.6 Å². The summed E-state index contributed by atoms with van der Waals surface area (Å²) in [4.78, 5) is 0. The van der Waals surface area contributed by atoms with Gasteiger partial charge in [0.05, 0.1) is 0 Å². The van der Waals surface area contributed by atoms with Crippen molar-refractivity contribution in [1.82, 2.24) is 13.9 Å². The molecule has 0 aromatic carbocycles. The van der Waals surface area contributed by atoms with E-state index >= 15 is 0 Å². The fourth-order valence-corrected chi connectivity index (χ4v) is 5.02. The molecule has 1 saturated carbocycles. The average molecular weight is 289 g/mol. The highest BCUT2D eigenvalue weighted by atomic mass is 32.2. The number of hydrogen-bond donors (Lipinski definition) is 1. The third-order valence-electron chi connectivity index (χ3n) is 3.98. The molecule has 0 aromatic rings. The van der Waals surface area contributed by atoms with Crippen molar-refractivity contribution < 1.29 is 8.42 Å². The second-order valence-corrected chi connectivity index (χ2v) is 7.94. The van der Waals surface area contributed by atoms with Gasteiger partial charge in [0, 0.05) is 38.8 Å². The Morgan fingerprint density at radius 1 is 1.21 bits per heavy atom. The summed E-state index contributed by atoms with van der Waals surface area (Å²) in [5.41, 5.74) is 0. The molecule has 2 aliphatic rings. The maximum absolute atomic E-state index is 12.8. The molecular weight excluding hydrogens is 262 g/mol. The molecule has 0 bridgehead atoms. The lowest BCUT2D eigenvalue weighted by molar-refractivity contribution is 0.254. The Labute approximate surface area is 117 Å². The second-order valence-electron chi connectivity index (χ2n) is 6.06. The SMILES string of the molecule is CC(C)CN(C1CCCC1)S(=O)(=O)N1CCNCC1. The van der Waals surface area contributed by atoms with Gasteiger partial charge in [-0.1, -0.05) is 26.7 Å². The monoisotopic (exact) mass is 289 g/mol. The molecule has 1 saturated heterocycles. The minimum atomic E-state index is -3.28. The third-order valence-corrected chi connectivity index (χ3v) is 6.03. The fourth-order valence-electron chi connectivity index (χ4n) is 3.01. The van der Waals surface area contributed by atoms with Crippen molar-refractivity contribution in [2.75, 3.05) is 32.7 Å². The Hall–Kier alpha value is -0.170. The molecule has 2 rings (SSSR count). The van der Waals surface area contributed by atoms with Crippen molar-refractivity contribution in [2.24, 2.45) is 5.92 Å². The number of nitrogens with zero attached hydrogens (tertiary/aromatic N) is 2. The van der Waals surface area contributed by atoms with Gasteiger partial charge in [-0.3, -0.25) is 0 Å². The first kappa shape index (κ1) is 15.2. The van der Waals surface area contributed by atoms with E-state index in [0.29, 0.717) is 25.6 Å². The van der Waals surface area contributed by atoms with Gasteiger partial charge >= 0.3 is 0 Å². The quantitative estimate of drug-likeness (QED) is 0.823. The van der Waals surface area contributed by atoms with Crippen LogP contribution in [0.25, 0.3) is 0 Å². The number of piperazine rings is 1. The zero-order chi connectivity index (χ0) is 13.9. The second kappa shape index (κ2) is 6.52. The first-order valence-electron chi connectivity index (χ1n) is 7.49. The molecule has 5 nitrogen and oxygen atoms in total. The number of rotatable bonds is 5. The molecule has 1 N–H and O–H groups in total. The predicted molar refractivity (Wildman–Crippen MR) is 77.2 cm³/mol. The van der Waals surface area contributed by atoms with Crippen molar-refractivity contribution in [3.8, 4) is 0 Å². The standard InChI is InChI=1S/C13H27N3O2S/c1-12(2)11-16(13-5-3-4-6-13)19(17,18)15-9-7-14-8-10-15/h12-14H,3-11H2,1-2H3. The van der Waals surface area contributed by atoms with Gasteiger partial charge in [0.1, 0.15) is 0 Å². The molecule has 0 spiro atoms. The maximum Gasteiger partial charge on any atom is 0.282 e. The van der Waals surface area contributed by atoms with Crippen molar-refractivity contribution in [3.63, 3.8) is 0 Å². The molecule has 1 heterocycles. The third kappa shape index (κ3) is 3.68. The normalized spacial score (nSPS) is 23.6. The van der Waals surface area contributed by atoms with Gasteiger partial charge in [0.2, 0.25) is 0 Å². The lowest BCUT2D eigenvalue weighted by atomic mass is 10.2. The Balaban J connectivity index is 2.14. The molecular formula is C13H27N3O2S. The topological polar surface area (TPSA) is 52.7 Å². The van der Waals surface area contributed by atoms with E-state index < -0.39 is 10.2 Å². The summed E-state index contributed by atoms with van der Waals surface area (Å²) >= 11 is 0. The van der Waals surface area contributed by atoms with E-state index in [9.17, 15) is 8.42 Å². The van der Waals surface area contributed by atoms with Crippen LogP contribution in [-0.4, -0.2) is 55.8 Å². The minimum absolute atomic E-state index is 0.224. The van der Waals surface area contributed by atoms with Crippen LogP contribution in [0.1, 0.15) is 39.5 Å². The van der Waals surface area contributed by atoms with Gasteiger partial charge < -0.3 is 5.32 Å². The van der Waals surface area contributed by atoms with Crippen LogP contribution in [-0.2, 0) is 10.2 Å². The summed E-state index contributed by atoms with van der Waals surface area (Å²) in [6, 6.07) is 0.224. The van der Waals surface area contributed by atoms with Crippen LogP contribution < -0.4 is 5.32 Å². The van der Waals surface area contributed by atoms with E-state index in [4.69, 9.17) is 0 Å². The van der Waals surface area contributed by atoms with Crippen LogP contribution >= 0.6 is 0 Å². The van der Waals surface area contributed by atoms with Crippen molar-refractivity contribution >= 4 is 10.2 Å². The Morgan fingerprint density at radius 2 is 1.79 bits per heavy atom. The zero-order valence-corrected chi connectivity index (χ0v) is 13.0. The molecule has 0 unspecified atom stereocenters. The summed E-state index contributed by atoms with van der Waals surface area (Å²) in [5.74, 6) is 0.373. The van der Waals surface area contributed by atoms with Crippen LogP contribution in [0.3, 0.4) is 0 Å². The molecule has 0 amide bonds. The van der Waals surface area contributed by atoms with Crippen molar-refractivity contribution in [1.29, 1.82) is 0 Å². The minimum Gasteiger partial charge on any atom is -0.314 e. The van der Waals surface area contributed by atoms with Gasteiger partial charge in [-0.2, -0.15) is 17.0 Å². The highest BCUT2D eigenvalue weighted by Crippen LogP contribution is 2.27. The zero-order valence-electron chi connectivity index (χ0n) is 12.1. The molecule has 112 valence electrons. The summed E-state index contributed by atoms with van der Waals surface area (Å²) < 4.78 is 29.1. The first-order valence-corrected chi connectivity index (χ1v) is 8.89. The summed E-state index contributed by atoms with van der Waals surface area (Å²) in [6.07, 6.45) is 4.38. The van der Waals surface area contributed by atoms with Crippen LogP contribution in [0.4, 0.5) is 0 Å². The molecule has 0 atom stereocenters. The Kier molecular flexibility index (Phi) is 5.22.